The Morgan fingerprint density at radius 3 is 2.36 bits per heavy atom. The number of halogens is 3. The lowest BCUT2D eigenvalue weighted by Gasteiger charge is -2.19. The number of benzene rings is 2. The number of hydrogen-bond acceptors (Lipinski definition) is 5. The van der Waals surface area contributed by atoms with Crippen LogP contribution in [0.5, 0.6) is 5.75 Å². The van der Waals surface area contributed by atoms with Crippen molar-refractivity contribution in [2.75, 3.05) is 25.7 Å². The quantitative estimate of drug-likeness (QED) is 0.477. The zero-order valence-corrected chi connectivity index (χ0v) is 19.2. The lowest BCUT2D eigenvalue weighted by molar-refractivity contribution is -0.176. The molecule has 0 saturated heterocycles. The van der Waals surface area contributed by atoms with Crippen LogP contribution >= 0.6 is 11.8 Å². The van der Waals surface area contributed by atoms with E-state index >= 15 is 0 Å². The van der Waals surface area contributed by atoms with Crippen molar-refractivity contribution in [1.29, 1.82) is 0 Å². The number of methoxy groups -OCH3 is 1. The lowest BCUT2D eigenvalue weighted by Crippen LogP contribution is -2.47. The van der Waals surface area contributed by atoms with E-state index in [1.165, 1.54) is 7.11 Å². The third-order valence-corrected chi connectivity index (χ3v) is 5.25. The minimum atomic E-state index is -4.36. The molecule has 0 radical (unpaired) electrons. The summed E-state index contributed by atoms with van der Waals surface area (Å²) in [6.45, 7) is -1.25. The number of nitrogens with one attached hydrogen (secondary N) is 2. The van der Waals surface area contributed by atoms with Gasteiger partial charge in [0.15, 0.2) is 0 Å². The van der Waals surface area contributed by atoms with Crippen LogP contribution in [-0.4, -0.2) is 49.8 Å². The van der Waals surface area contributed by atoms with Gasteiger partial charge in [-0.05, 0) is 41.7 Å². The van der Waals surface area contributed by atoms with Crippen LogP contribution in [0.25, 0.3) is 0 Å². The molecule has 2 aromatic carbocycles. The Hall–Kier alpha value is -2.72. The average Bonchev–Trinajstić information content (AvgIpc) is 2.80. The van der Waals surface area contributed by atoms with E-state index < -0.39 is 24.7 Å². The number of amides is 2. The monoisotopic (exact) mass is 484 g/mol. The fraction of sp³-hybridized carbons (Fsp3) is 0.391. The molecule has 0 fully saturated rings. The first kappa shape index (κ1) is 26.5. The van der Waals surface area contributed by atoms with Crippen LogP contribution in [0.2, 0.25) is 0 Å². The maximum atomic E-state index is 12.8. The van der Waals surface area contributed by atoms with E-state index in [1.807, 2.05) is 6.26 Å². The second-order valence-electron chi connectivity index (χ2n) is 7.15. The number of rotatable bonds is 12. The summed E-state index contributed by atoms with van der Waals surface area (Å²) >= 11 is 1.56. The predicted octanol–water partition coefficient (Wildman–Crippen LogP) is 3.94. The smallest absolute Gasteiger partial charge is 0.411 e. The van der Waals surface area contributed by atoms with Crippen LogP contribution in [0.15, 0.2) is 48.5 Å². The van der Waals surface area contributed by atoms with Crippen LogP contribution in [0.1, 0.15) is 27.9 Å². The van der Waals surface area contributed by atoms with Crippen LogP contribution in [-0.2, 0) is 22.7 Å². The molecule has 180 valence electrons. The molecule has 1 atom stereocenters. The first-order chi connectivity index (χ1) is 15.7. The van der Waals surface area contributed by atoms with E-state index in [-0.39, 0.29) is 19.1 Å². The molecular weight excluding hydrogens is 457 g/mol. The van der Waals surface area contributed by atoms with Crippen LogP contribution in [0.3, 0.4) is 0 Å². The molecule has 2 aromatic rings. The minimum Gasteiger partial charge on any atom is -0.496 e. The number of hydrogen-bond donors (Lipinski definition) is 2. The Kier molecular flexibility index (Phi) is 10.5. The fourth-order valence-corrected chi connectivity index (χ4v) is 3.39. The largest absolute Gasteiger partial charge is 0.496 e. The van der Waals surface area contributed by atoms with Crippen molar-refractivity contribution < 1.29 is 32.2 Å². The number of carbonyl (C=O) groups excluding carboxylic acids is 2. The maximum Gasteiger partial charge on any atom is 0.411 e. The van der Waals surface area contributed by atoms with E-state index in [4.69, 9.17) is 4.74 Å². The molecule has 0 aromatic heterocycles. The Morgan fingerprint density at radius 1 is 1.06 bits per heavy atom. The normalized spacial score (nSPS) is 12.2. The van der Waals surface area contributed by atoms with Gasteiger partial charge in [0.25, 0.3) is 5.91 Å². The first-order valence-corrected chi connectivity index (χ1v) is 11.6. The number of para-hydroxylation sites is 1. The molecule has 2 N–H and O–H groups in total. The highest BCUT2D eigenvalue weighted by Gasteiger charge is 2.27. The van der Waals surface area contributed by atoms with Crippen LogP contribution in [0.4, 0.5) is 13.2 Å². The Labute approximate surface area is 195 Å². The summed E-state index contributed by atoms with van der Waals surface area (Å²) in [5, 5.41) is 5.57. The maximum absolute atomic E-state index is 12.8. The molecule has 0 aliphatic heterocycles. The van der Waals surface area contributed by atoms with Crippen molar-refractivity contribution in [3.05, 3.63) is 65.2 Å². The molecule has 10 heteroatoms. The van der Waals surface area contributed by atoms with E-state index in [2.05, 4.69) is 15.4 Å². The highest BCUT2D eigenvalue weighted by molar-refractivity contribution is 7.98. The lowest BCUT2D eigenvalue weighted by atomic mass is 10.1. The Morgan fingerprint density at radius 2 is 1.73 bits per heavy atom. The molecule has 0 heterocycles. The molecule has 0 spiro atoms. The van der Waals surface area contributed by atoms with Gasteiger partial charge in [-0.25, -0.2) is 0 Å². The van der Waals surface area contributed by atoms with E-state index in [9.17, 15) is 22.8 Å². The van der Waals surface area contributed by atoms with Gasteiger partial charge in [-0.1, -0.05) is 36.4 Å². The van der Waals surface area contributed by atoms with E-state index in [0.29, 0.717) is 29.1 Å². The number of carbonyl (C=O) groups is 2. The predicted molar refractivity (Wildman–Crippen MR) is 121 cm³/mol. The summed E-state index contributed by atoms with van der Waals surface area (Å²) in [7, 11) is 1.47. The molecule has 0 saturated carbocycles. The zero-order valence-electron chi connectivity index (χ0n) is 18.4. The van der Waals surface area contributed by atoms with Gasteiger partial charge in [0.1, 0.15) is 18.4 Å². The van der Waals surface area contributed by atoms with Crippen molar-refractivity contribution in [2.24, 2.45) is 0 Å². The number of thioether (sulfide) groups is 1. The minimum absolute atomic E-state index is 0.155. The molecule has 0 aliphatic carbocycles. The second kappa shape index (κ2) is 13.1. The summed E-state index contributed by atoms with van der Waals surface area (Å²) in [5.74, 6) is 0.358. The summed E-state index contributed by atoms with van der Waals surface area (Å²) in [5.41, 5.74) is 1.70. The van der Waals surface area contributed by atoms with E-state index in [0.717, 1.165) is 5.56 Å². The van der Waals surface area contributed by atoms with Gasteiger partial charge in [0, 0.05) is 6.54 Å². The fourth-order valence-electron chi connectivity index (χ4n) is 2.92. The topological polar surface area (TPSA) is 76.7 Å². The van der Waals surface area contributed by atoms with E-state index in [1.54, 1.807) is 60.3 Å². The van der Waals surface area contributed by atoms with Gasteiger partial charge in [0.2, 0.25) is 5.91 Å². The summed E-state index contributed by atoms with van der Waals surface area (Å²) in [6, 6.07) is 12.7. The number of ether oxygens (including phenoxy) is 2. The van der Waals surface area contributed by atoms with Crippen molar-refractivity contribution in [3.8, 4) is 5.75 Å². The molecular formula is C23H27F3N2O4S. The standard InChI is InChI=1S/C23H27F3N2O4S/c1-31-20-6-4-3-5-18(20)21(29)28-19(11-12-33-2)22(30)27-13-16-7-9-17(10-8-16)14-32-15-23(24,25)26/h3-10,19H,11-15H2,1-2H3,(H,27,30)(H,28,29). The molecule has 0 aliphatic rings. The Balaban J connectivity index is 1.93. The SMILES string of the molecule is COc1ccccc1C(=O)NC(CCSC)C(=O)NCc1ccc(COCC(F)(F)F)cc1. The highest BCUT2D eigenvalue weighted by Crippen LogP contribution is 2.18. The first-order valence-electron chi connectivity index (χ1n) is 10.2. The summed E-state index contributed by atoms with van der Waals surface area (Å²) in [4.78, 5) is 25.5. The van der Waals surface area contributed by atoms with Crippen molar-refractivity contribution >= 4 is 23.6 Å². The summed E-state index contributed by atoms with van der Waals surface area (Å²) < 4.78 is 46.3. The zero-order chi connectivity index (χ0) is 24.3. The third kappa shape index (κ3) is 9.35. The van der Waals surface area contributed by atoms with Crippen molar-refractivity contribution in [1.82, 2.24) is 10.6 Å². The second-order valence-corrected chi connectivity index (χ2v) is 8.14. The van der Waals surface area contributed by atoms with Gasteiger partial charge < -0.3 is 20.1 Å². The van der Waals surface area contributed by atoms with Crippen LogP contribution in [0, 0.1) is 0 Å². The number of alkyl halides is 3. The highest BCUT2D eigenvalue weighted by atomic mass is 32.2. The molecule has 33 heavy (non-hydrogen) atoms. The van der Waals surface area contributed by atoms with Gasteiger partial charge >= 0.3 is 6.18 Å². The summed E-state index contributed by atoms with van der Waals surface area (Å²) in [6.07, 6.45) is -2.00. The molecule has 2 rings (SSSR count). The Bertz CT molecular complexity index is 907. The van der Waals surface area contributed by atoms with Gasteiger partial charge in [-0.15, -0.1) is 0 Å². The van der Waals surface area contributed by atoms with Gasteiger partial charge in [0.05, 0.1) is 19.3 Å². The molecule has 2 amide bonds. The van der Waals surface area contributed by atoms with Gasteiger partial charge in [-0.2, -0.15) is 24.9 Å². The van der Waals surface area contributed by atoms with Crippen molar-refractivity contribution in [3.63, 3.8) is 0 Å². The van der Waals surface area contributed by atoms with Gasteiger partial charge in [-0.3, -0.25) is 9.59 Å². The van der Waals surface area contributed by atoms with Crippen LogP contribution < -0.4 is 15.4 Å². The molecule has 0 bridgehead atoms. The molecule has 6 nitrogen and oxygen atoms in total. The van der Waals surface area contributed by atoms with Crippen molar-refractivity contribution in [2.45, 2.75) is 31.8 Å². The molecule has 1 unspecified atom stereocenters. The third-order valence-electron chi connectivity index (χ3n) is 4.61. The average molecular weight is 485 g/mol.